The van der Waals surface area contributed by atoms with Crippen LogP contribution in [0.1, 0.15) is 19.3 Å². The summed E-state index contributed by atoms with van der Waals surface area (Å²) in [5, 5.41) is 25.7. The molecular formula is C15H19N3O4. The summed E-state index contributed by atoms with van der Waals surface area (Å²) in [7, 11) is 0. The number of non-ortho nitro benzene ring substituents is 1. The molecule has 2 bridgehead atoms. The van der Waals surface area contributed by atoms with Crippen LogP contribution in [0.4, 0.5) is 16.2 Å². The number of aliphatic hydroxyl groups excluding tert-OH is 1. The molecule has 7 nitrogen and oxygen atoms in total. The molecule has 0 aromatic heterocycles. The lowest BCUT2D eigenvalue weighted by atomic mass is 9.85. The number of benzene rings is 1. The van der Waals surface area contributed by atoms with E-state index >= 15 is 0 Å². The van der Waals surface area contributed by atoms with Crippen LogP contribution in [0.15, 0.2) is 24.3 Å². The molecule has 3 N–H and O–H groups in total. The summed E-state index contributed by atoms with van der Waals surface area (Å²) < 4.78 is 0. The third-order valence-electron chi connectivity index (χ3n) is 4.93. The molecule has 4 atom stereocenters. The minimum absolute atomic E-state index is 0.0144. The van der Waals surface area contributed by atoms with E-state index in [0.29, 0.717) is 17.5 Å². The molecule has 0 aliphatic heterocycles. The van der Waals surface area contributed by atoms with Gasteiger partial charge < -0.3 is 15.7 Å². The molecule has 1 aromatic carbocycles. The summed E-state index contributed by atoms with van der Waals surface area (Å²) in [4.78, 5) is 22.2. The van der Waals surface area contributed by atoms with Crippen LogP contribution < -0.4 is 10.6 Å². The van der Waals surface area contributed by atoms with E-state index in [9.17, 15) is 20.0 Å². The molecule has 0 heterocycles. The Hall–Kier alpha value is -2.15. The number of urea groups is 1. The van der Waals surface area contributed by atoms with Crippen LogP contribution in [0.3, 0.4) is 0 Å². The van der Waals surface area contributed by atoms with Crippen molar-refractivity contribution in [1.82, 2.24) is 5.32 Å². The highest BCUT2D eigenvalue weighted by Crippen LogP contribution is 2.48. The van der Waals surface area contributed by atoms with E-state index < -0.39 is 4.92 Å². The molecule has 22 heavy (non-hydrogen) atoms. The van der Waals surface area contributed by atoms with Crippen molar-refractivity contribution in [2.45, 2.75) is 25.3 Å². The van der Waals surface area contributed by atoms with E-state index in [1.807, 2.05) is 0 Å². The second kappa shape index (κ2) is 5.92. The van der Waals surface area contributed by atoms with Gasteiger partial charge in [-0.05, 0) is 43.2 Å². The maximum Gasteiger partial charge on any atom is 0.319 e. The van der Waals surface area contributed by atoms with Crippen molar-refractivity contribution >= 4 is 17.4 Å². The maximum atomic E-state index is 12.1. The highest BCUT2D eigenvalue weighted by molar-refractivity contribution is 5.89. The SMILES string of the molecule is O=C(Nc1ccc([N+](=O)[O-])cc1)N[C@@H]1[C@H]2CC[C@@H](C2)[C@@H]1CO. The molecule has 2 amide bonds. The van der Waals surface area contributed by atoms with Crippen molar-refractivity contribution in [2.24, 2.45) is 17.8 Å². The highest BCUT2D eigenvalue weighted by atomic mass is 16.6. The Morgan fingerprint density at radius 1 is 1.27 bits per heavy atom. The topological polar surface area (TPSA) is 104 Å². The van der Waals surface area contributed by atoms with Gasteiger partial charge in [0.1, 0.15) is 0 Å². The van der Waals surface area contributed by atoms with Gasteiger partial charge >= 0.3 is 6.03 Å². The lowest BCUT2D eigenvalue weighted by Crippen LogP contribution is -2.46. The zero-order valence-electron chi connectivity index (χ0n) is 12.1. The second-order valence-electron chi connectivity index (χ2n) is 6.11. The molecule has 2 aliphatic rings. The molecule has 118 valence electrons. The maximum absolute atomic E-state index is 12.1. The third kappa shape index (κ3) is 2.76. The van der Waals surface area contributed by atoms with E-state index in [0.717, 1.165) is 19.3 Å². The molecule has 2 saturated carbocycles. The van der Waals surface area contributed by atoms with Crippen LogP contribution in [0.25, 0.3) is 0 Å². The summed E-state index contributed by atoms with van der Waals surface area (Å²) in [5.74, 6) is 1.10. The number of aliphatic hydroxyl groups is 1. The Balaban J connectivity index is 1.59. The number of hydrogen-bond acceptors (Lipinski definition) is 4. The van der Waals surface area contributed by atoms with Crippen LogP contribution >= 0.6 is 0 Å². The summed E-state index contributed by atoms with van der Waals surface area (Å²) >= 11 is 0. The van der Waals surface area contributed by atoms with E-state index in [1.54, 1.807) is 0 Å². The Bertz CT molecular complexity index is 575. The van der Waals surface area contributed by atoms with Crippen molar-refractivity contribution in [3.8, 4) is 0 Å². The standard InChI is InChI=1S/C15H19N3O4/c19-8-13-9-1-2-10(7-9)14(13)17-15(20)16-11-3-5-12(6-4-11)18(21)22/h3-6,9-10,13-14,19H,1-2,7-8H2,(H2,16,17,20)/t9-,10-,13-,14+/m0/s1. The van der Waals surface area contributed by atoms with Gasteiger partial charge in [0.2, 0.25) is 0 Å². The van der Waals surface area contributed by atoms with E-state index in [2.05, 4.69) is 10.6 Å². The summed E-state index contributed by atoms with van der Waals surface area (Å²) in [5.41, 5.74) is 0.492. The smallest absolute Gasteiger partial charge is 0.319 e. The van der Waals surface area contributed by atoms with Gasteiger partial charge in [-0.15, -0.1) is 0 Å². The number of carbonyl (C=O) groups excluding carboxylic acids is 1. The molecular weight excluding hydrogens is 286 g/mol. The van der Waals surface area contributed by atoms with Crippen molar-refractivity contribution < 1.29 is 14.8 Å². The first kappa shape index (κ1) is 14.8. The first-order valence-electron chi connectivity index (χ1n) is 7.51. The number of nitro groups is 1. The fourth-order valence-corrected chi connectivity index (χ4v) is 3.88. The first-order valence-corrected chi connectivity index (χ1v) is 7.51. The van der Waals surface area contributed by atoms with E-state index in [1.165, 1.54) is 24.3 Å². The third-order valence-corrected chi connectivity index (χ3v) is 4.93. The molecule has 0 spiro atoms. The van der Waals surface area contributed by atoms with Crippen LogP contribution in [0, 0.1) is 27.9 Å². The zero-order chi connectivity index (χ0) is 15.7. The van der Waals surface area contributed by atoms with Crippen LogP contribution in [0.5, 0.6) is 0 Å². The van der Waals surface area contributed by atoms with Gasteiger partial charge in [-0.1, -0.05) is 0 Å². The van der Waals surface area contributed by atoms with Gasteiger partial charge in [0, 0.05) is 36.4 Å². The van der Waals surface area contributed by atoms with E-state index in [-0.39, 0.29) is 30.3 Å². The van der Waals surface area contributed by atoms with Gasteiger partial charge in [-0.25, -0.2) is 4.79 Å². The fourth-order valence-electron chi connectivity index (χ4n) is 3.88. The fraction of sp³-hybridized carbons (Fsp3) is 0.533. The van der Waals surface area contributed by atoms with Crippen LogP contribution in [0.2, 0.25) is 0 Å². The highest BCUT2D eigenvalue weighted by Gasteiger charge is 2.47. The number of carbonyl (C=O) groups is 1. The van der Waals surface area contributed by atoms with E-state index in [4.69, 9.17) is 0 Å². The van der Waals surface area contributed by atoms with Gasteiger partial charge in [-0.2, -0.15) is 0 Å². The number of nitro benzene ring substituents is 1. The molecule has 2 fully saturated rings. The van der Waals surface area contributed by atoms with Gasteiger partial charge in [-0.3, -0.25) is 10.1 Å². The van der Waals surface area contributed by atoms with Crippen molar-refractivity contribution in [2.75, 3.05) is 11.9 Å². The summed E-state index contributed by atoms with van der Waals surface area (Å²) in [6.45, 7) is 0.101. The number of hydrogen-bond donors (Lipinski definition) is 3. The largest absolute Gasteiger partial charge is 0.396 e. The van der Waals surface area contributed by atoms with Crippen molar-refractivity contribution in [3.63, 3.8) is 0 Å². The Morgan fingerprint density at radius 2 is 1.95 bits per heavy atom. The molecule has 2 aliphatic carbocycles. The second-order valence-corrected chi connectivity index (χ2v) is 6.11. The van der Waals surface area contributed by atoms with Crippen molar-refractivity contribution in [3.05, 3.63) is 34.4 Å². The first-order chi connectivity index (χ1) is 10.6. The average Bonchev–Trinajstić information content (AvgIpc) is 3.08. The summed E-state index contributed by atoms with van der Waals surface area (Å²) in [6.07, 6.45) is 3.31. The molecule has 7 heteroatoms. The zero-order valence-corrected chi connectivity index (χ0v) is 12.1. The minimum atomic E-state index is -0.481. The van der Waals surface area contributed by atoms with Crippen molar-refractivity contribution in [1.29, 1.82) is 0 Å². The molecule has 0 radical (unpaired) electrons. The molecule has 0 unspecified atom stereocenters. The number of fused-ring (bicyclic) bond motifs is 2. The van der Waals surface area contributed by atoms with Crippen LogP contribution in [-0.4, -0.2) is 28.7 Å². The quantitative estimate of drug-likeness (QED) is 0.585. The number of nitrogens with one attached hydrogen (secondary N) is 2. The molecule has 1 aromatic rings. The Kier molecular flexibility index (Phi) is 3.98. The minimum Gasteiger partial charge on any atom is -0.396 e. The number of nitrogens with zero attached hydrogens (tertiary/aromatic N) is 1. The predicted octanol–water partition coefficient (Wildman–Crippen LogP) is 2.12. The Morgan fingerprint density at radius 3 is 2.59 bits per heavy atom. The molecule has 3 rings (SSSR count). The summed E-state index contributed by atoms with van der Waals surface area (Å²) in [6, 6.07) is 5.39. The molecule has 0 saturated heterocycles. The average molecular weight is 305 g/mol. The number of rotatable bonds is 4. The normalized spacial score (nSPS) is 29.3. The lowest BCUT2D eigenvalue weighted by Gasteiger charge is -2.30. The lowest BCUT2D eigenvalue weighted by molar-refractivity contribution is -0.384. The van der Waals surface area contributed by atoms with Gasteiger partial charge in [0.15, 0.2) is 0 Å². The monoisotopic (exact) mass is 305 g/mol. The van der Waals surface area contributed by atoms with Gasteiger partial charge in [0.25, 0.3) is 5.69 Å². The Labute approximate surface area is 127 Å². The number of anilines is 1. The van der Waals surface area contributed by atoms with Crippen LogP contribution in [-0.2, 0) is 0 Å². The predicted molar refractivity (Wildman–Crippen MR) is 80.4 cm³/mol. The number of amides is 2. The van der Waals surface area contributed by atoms with Gasteiger partial charge in [0.05, 0.1) is 4.92 Å².